The minimum absolute atomic E-state index is 0.0362. The number of likely N-dealkylation sites (tertiary alicyclic amines) is 1. The number of likely N-dealkylation sites (N-methyl/N-ethyl adjacent to an activating group) is 1. The molecule has 2 bridgehead atoms. The fourth-order valence-electron chi connectivity index (χ4n) is 4.98. The van der Waals surface area contributed by atoms with Crippen LogP contribution in [-0.2, 0) is 11.3 Å². The van der Waals surface area contributed by atoms with Gasteiger partial charge in [-0.3, -0.25) is 14.0 Å². The van der Waals surface area contributed by atoms with Crippen molar-refractivity contribution in [3.63, 3.8) is 0 Å². The van der Waals surface area contributed by atoms with Gasteiger partial charge in [0.05, 0.1) is 0 Å². The lowest BCUT2D eigenvalue weighted by molar-refractivity contribution is -0.123. The van der Waals surface area contributed by atoms with E-state index in [9.17, 15) is 9.59 Å². The quantitative estimate of drug-likeness (QED) is 0.729. The molecule has 0 aromatic carbocycles. The second kappa shape index (κ2) is 6.42. The Kier molecular flexibility index (Phi) is 4.10. The standard InChI is InChI=1S/C20H25N5O2S/c1-11(2)18-22-24(19(27)16-8-13-4-5-28-20(13)25(16)18)10-17(26)21-14-6-12-7-15(14)23(3)9-12/h4-5,8,11-12,14-15H,6-7,9-10H2,1-3H3,(H,21,26)/t12-,14?,15-/m1/s1. The summed E-state index contributed by atoms with van der Waals surface area (Å²) in [5.41, 5.74) is 0.376. The predicted molar refractivity (Wildman–Crippen MR) is 110 cm³/mol. The summed E-state index contributed by atoms with van der Waals surface area (Å²) in [5.74, 6) is 1.49. The normalized spacial score (nSPS) is 24.8. The van der Waals surface area contributed by atoms with Gasteiger partial charge in [-0.05, 0) is 43.3 Å². The molecule has 1 amide bonds. The van der Waals surface area contributed by atoms with Crippen LogP contribution in [0.2, 0.25) is 0 Å². The Morgan fingerprint density at radius 1 is 1.39 bits per heavy atom. The highest BCUT2D eigenvalue weighted by molar-refractivity contribution is 7.16. The average molecular weight is 400 g/mol. The van der Waals surface area contributed by atoms with Crippen LogP contribution in [-0.4, -0.2) is 50.7 Å². The molecule has 1 unspecified atom stereocenters. The molecule has 1 saturated heterocycles. The van der Waals surface area contributed by atoms with E-state index in [-0.39, 0.29) is 30.0 Å². The van der Waals surface area contributed by atoms with Gasteiger partial charge in [-0.25, -0.2) is 4.68 Å². The Bertz CT molecular complexity index is 1130. The number of nitrogens with zero attached hydrogens (tertiary/aromatic N) is 4. The van der Waals surface area contributed by atoms with Gasteiger partial charge in [0.1, 0.15) is 22.7 Å². The minimum atomic E-state index is -0.215. The van der Waals surface area contributed by atoms with Gasteiger partial charge >= 0.3 is 0 Å². The van der Waals surface area contributed by atoms with E-state index < -0.39 is 0 Å². The Morgan fingerprint density at radius 3 is 2.93 bits per heavy atom. The van der Waals surface area contributed by atoms with Crippen molar-refractivity contribution in [3.8, 4) is 0 Å². The molecule has 1 N–H and O–H groups in total. The summed E-state index contributed by atoms with van der Waals surface area (Å²) in [4.78, 5) is 29.1. The van der Waals surface area contributed by atoms with Gasteiger partial charge < -0.3 is 10.2 Å². The molecule has 3 atom stereocenters. The monoisotopic (exact) mass is 399 g/mol. The van der Waals surface area contributed by atoms with Gasteiger partial charge in [0.2, 0.25) is 5.91 Å². The van der Waals surface area contributed by atoms with E-state index >= 15 is 0 Å². The summed E-state index contributed by atoms with van der Waals surface area (Å²) in [6.45, 7) is 5.20. The fourth-order valence-corrected chi connectivity index (χ4v) is 5.88. The Balaban J connectivity index is 1.46. The maximum atomic E-state index is 13.0. The first-order chi connectivity index (χ1) is 13.4. The number of thiophene rings is 1. The first-order valence-corrected chi connectivity index (χ1v) is 10.8. The van der Waals surface area contributed by atoms with Gasteiger partial charge in [-0.2, -0.15) is 5.10 Å². The van der Waals surface area contributed by atoms with Crippen molar-refractivity contribution in [1.29, 1.82) is 0 Å². The number of fused-ring (bicyclic) bond motifs is 5. The fraction of sp³-hybridized carbons (Fsp3) is 0.550. The van der Waals surface area contributed by atoms with Crippen molar-refractivity contribution >= 4 is 33.0 Å². The van der Waals surface area contributed by atoms with Crippen molar-refractivity contribution in [2.45, 2.75) is 51.2 Å². The summed E-state index contributed by atoms with van der Waals surface area (Å²) in [6.07, 6.45) is 2.19. The molecule has 5 rings (SSSR count). The number of piperidine rings is 1. The van der Waals surface area contributed by atoms with Crippen LogP contribution >= 0.6 is 11.3 Å². The van der Waals surface area contributed by atoms with Crippen molar-refractivity contribution in [2.75, 3.05) is 13.6 Å². The molecule has 4 heterocycles. The van der Waals surface area contributed by atoms with E-state index in [0.717, 1.165) is 35.4 Å². The summed E-state index contributed by atoms with van der Waals surface area (Å²) in [5, 5.41) is 10.8. The van der Waals surface area contributed by atoms with E-state index in [4.69, 9.17) is 0 Å². The second-order valence-corrected chi connectivity index (χ2v) is 9.43. The molecule has 3 aromatic rings. The Labute approximate surface area is 166 Å². The maximum Gasteiger partial charge on any atom is 0.291 e. The third kappa shape index (κ3) is 2.69. The zero-order valence-electron chi connectivity index (χ0n) is 16.4. The SMILES string of the molecule is CC(C)c1nn(CC(=O)NC2C[C@@H]3C[C@H]2N(C)C3)c(=O)c2cc3ccsc3n12. The number of rotatable bonds is 4. The number of aromatic nitrogens is 3. The molecule has 2 aliphatic rings. The predicted octanol–water partition coefficient (Wildman–Crippen LogP) is 2.04. The smallest absolute Gasteiger partial charge is 0.291 e. The Morgan fingerprint density at radius 2 is 2.21 bits per heavy atom. The minimum Gasteiger partial charge on any atom is -0.350 e. The topological polar surface area (TPSA) is 71.6 Å². The number of carbonyl (C=O) groups excluding carboxylic acids is 1. The van der Waals surface area contributed by atoms with Gasteiger partial charge in [0.15, 0.2) is 0 Å². The van der Waals surface area contributed by atoms with E-state index in [1.54, 1.807) is 11.3 Å². The molecule has 8 heteroatoms. The maximum absolute atomic E-state index is 13.0. The zero-order chi connectivity index (χ0) is 19.6. The highest BCUT2D eigenvalue weighted by atomic mass is 32.1. The molecule has 1 saturated carbocycles. The van der Waals surface area contributed by atoms with Gasteiger partial charge in [-0.1, -0.05) is 13.8 Å². The largest absolute Gasteiger partial charge is 0.350 e. The number of amides is 1. The van der Waals surface area contributed by atoms with Crippen molar-refractivity contribution in [1.82, 2.24) is 24.4 Å². The van der Waals surface area contributed by atoms with E-state index in [2.05, 4.69) is 36.2 Å². The van der Waals surface area contributed by atoms with Crippen LogP contribution in [0.3, 0.4) is 0 Å². The summed E-state index contributed by atoms with van der Waals surface area (Å²) in [6, 6.07) is 4.52. The molecule has 7 nitrogen and oxygen atoms in total. The molecule has 3 aromatic heterocycles. The van der Waals surface area contributed by atoms with Crippen LogP contribution in [0.25, 0.3) is 15.7 Å². The first-order valence-electron chi connectivity index (χ1n) is 9.91. The molecule has 1 aliphatic carbocycles. The van der Waals surface area contributed by atoms with Crippen LogP contribution in [0.4, 0.5) is 0 Å². The van der Waals surface area contributed by atoms with Crippen LogP contribution in [0, 0.1) is 5.92 Å². The lowest BCUT2D eigenvalue weighted by Crippen LogP contribution is -2.50. The van der Waals surface area contributed by atoms with Gasteiger partial charge in [0.25, 0.3) is 5.56 Å². The molecular weight excluding hydrogens is 374 g/mol. The molecule has 148 valence electrons. The van der Waals surface area contributed by atoms with Gasteiger partial charge in [0, 0.05) is 29.9 Å². The summed E-state index contributed by atoms with van der Waals surface area (Å²) >= 11 is 1.60. The molecule has 2 fully saturated rings. The van der Waals surface area contributed by atoms with E-state index in [1.807, 2.05) is 21.9 Å². The highest BCUT2D eigenvalue weighted by Gasteiger charge is 2.43. The van der Waals surface area contributed by atoms with Crippen molar-refractivity contribution in [3.05, 3.63) is 33.7 Å². The molecular formula is C20H25N5O2S. The highest BCUT2D eigenvalue weighted by Crippen LogP contribution is 2.36. The molecule has 0 spiro atoms. The lowest BCUT2D eigenvalue weighted by Gasteiger charge is -2.30. The number of nitrogens with one attached hydrogen (secondary N) is 1. The molecule has 1 aliphatic heterocycles. The number of hydrogen-bond donors (Lipinski definition) is 1. The number of hydrogen-bond acceptors (Lipinski definition) is 5. The van der Waals surface area contributed by atoms with Gasteiger partial charge in [-0.15, -0.1) is 11.3 Å². The van der Waals surface area contributed by atoms with Crippen molar-refractivity contribution < 1.29 is 4.79 Å². The van der Waals surface area contributed by atoms with E-state index in [1.165, 1.54) is 4.68 Å². The summed E-state index contributed by atoms with van der Waals surface area (Å²) < 4.78 is 3.28. The molecule has 28 heavy (non-hydrogen) atoms. The molecule has 0 radical (unpaired) electrons. The summed E-state index contributed by atoms with van der Waals surface area (Å²) in [7, 11) is 2.12. The Hall–Kier alpha value is -2.19. The second-order valence-electron chi connectivity index (χ2n) is 8.54. The zero-order valence-corrected chi connectivity index (χ0v) is 17.2. The van der Waals surface area contributed by atoms with E-state index in [0.29, 0.717) is 17.5 Å². The first kappa shape index (κ1) is 17.9. The van der Waals surface area contributed by atoms with Crippen LogP contribution in [0.1, 0.15) is 38.4 Å². The van der Waals surface area contributed by atoms with Crippen LogP contribution in [0.5, 0.6) is 0 Å². The lowest BCUT2D eigenvalue weighted by atomic mass is 10.1. The van der Waals surface area contributed by atoms with Crippen LogP contribution in [0.15, 0.2) is 22.3 Å². The van der Waals surface area contributed by atoms with Crippen LogP contribution < -0.4 is 10.9 Å². The third-order valence-corrected chi connectivity index (χ3v) is 7.13. The number of carbonyl (C=O) groups is 1. The van der Waals surface area contributed by atoms with Crippen molar-refractivity contribution in [2.24, 2.45) is 5.92 Å². The third-order valence-electron chi connectivity index (χ3n) is 6.21. The average Bonchev–Trinajstić information content (AvgIpc) is 3.36.